The number of hydrogen-bond acceptors (Lipinski definition) is 5. The number of benzene rings is 1. The number of hydrogen-bond donors (Lipinski definition) is 1. The molecule has 1 amide bonds. The van der Waals surface area contributed by atoms with Crippen molar-refractivity contribution in [1.82, 2.24) is 5.27 Å². The molecule has 1 aromatic carbocycles. The average Bonchev–Trinajstić information content (AvgIpc) is 2.87. The molecule has 106 valence electrons. The van der Waals surface area contributed by atoms with Crippen molar-refractivity contribution >= 4 is 23.6 Å². The monoisotopic (exact) mass is 293 g/mol. The summed E-state index contributed by atoms with van der Waals surface area (Å²) >= 11 is 1.48. The molecule has 0 saturated heterocycles. The largest absolute Gasteiger partial charge is 0.305 e. The molecule has 1 N–H and O–H groups in total. The van der Waals surface area contributed by atoms with Gasteiger partial charge in [-0.3, -0.25) is 14.6 Å². The minimum absolute atomic E-state index is 0.127. The lowest BCUT2D eigenvalue weighted by molar-refractivity contribution is -0.753. The van der Waals surface area contributed by atoms with Crippen LogP contribution < -0.4 is 15.1 Å². The summed E-state index contributed by atoms with van der Waals surface area (Å²) in [5.41, 5.74) is 1.20. The third-order valence-electron chi connectivity index (χ3n) is 2.52. The second kappa shape index (κ2) is 6.42. The maximum absolute atomic E-state index is 11.8. The first kappa shape index (κ1) is 14.4. The minimum atomic E-state index is -0.127. The van der Waals surface area contributed by atoms with E-state index in [1.54, 1.807) is 11.2 Å². The van der Waals surface area contributed by atoms with Gasteiger partial charge in [-0.05, 0) is 19.1 Å². The highest BCUT2D eigenvalue weighted by molar-refractivity contribution is 8.00. The predicted molar refractivity (Wildman–Crippen MR) is 77.3 cm³/mol. The first-order valence-corrected chi connectivity index (χ1v) is 7.09. The van der Waals surface area contributed by atoms with Gasteiger partial charge in [0.1, 0.15) is 0 Å². The Morgan fingerprint density at radius 2 is 2.10 bits per heavy atom. The van der Waals surface area contributed by atoms with Crippen LogP contribution in [0.5, 0.6) is 0 Å². The van der Waals surface area contributed by atoms with Crippen molar-refractivity contribution < 1.29 is 14.1 Å². The molecular formula is C13H17N4O2S+. The lowest BCUT2D eigenvalue weighted by Crippen LogP contribution is -2.53. The van der Waals surface area contributed by atoms with Gasteiger partial charge in [0.05, 0.1) is 24.6 Å². The highest BCUT2D eigenvalue weighted by Crippen LogP contribution is 2.18. The smallest absolute Gasteiger partial charge is 0.288 e. The van der Waals surface area contributed by atoms with Crippen molar-refractivity contribution in [3.05, 3.63) is 36.0 Å². The van der Waals surface area contributed by atoms with Crippen molar-refractivity contribution in [2.45, 2.75) is 11.8 Å². The Kier molecular flexibility index (Phi) is 4.62. The van der Waals surface area contributed by atoms with Gasteiger partial charge in [0.2, 0.25) is 11.2 Å². The van der Waals surface area contributed by atoms with Crippen LogP contribution in [-0.4, -0.2) is 31.0 Å². The molecule has 20 heavy (non-hydrogen) atoms. The lowest BCUT2D eigenvalue weighted by atomic mass is 10.2. The molecule has 0 bridgehead atoms. The number of carbonyl (C=O) groups excluding carboxylic acids is 1. The lowest BCUT2D eigenvalue weighted by Gasteiger charge is -2.01. The quantitative estimate of drug-likeness (QED) is 0.663. The molecule has 0 spiro atoms. The predicted octanol–water partition coefficient (Wildman–Crippen LogP) is 1.20. The summed E-state index contributed by atoms with van der Waals surface area (Å²) < 4.78 is 4.99. The van der Waals surface area contributed by atoms with Gasteiger partial charge in [0.15, 0.2) is 0 Å². The van der Waals surface area contributed by atoms with E-state index in [-0.39, 0.29) is 5.91 Å². The van der Waals surface area contributed by atoms with E-state index in [0.717, 1.165) is 4.90 Å². The molecule has 2 aromatic rings. The second-order valence-corrected chi connectivity index (χ2v) is 5.53. The molecular weight excluding hydrogens is 276 g/mol. The van der Waals surface area contributed by atoms with Crippen LogP contribution in [0.1, 0.15) is 5.56 Å². The first-order valence-electron chi connectivity index (χ1n) is 6.10. The van der Waals surface area contributed by atoms with Crippen LogP contribution in [0.3, 0.4) is 0 Å². The first-order chi connectivity index (χ1) is 9.54. The van der Waals surface area contributed by atoms with Crippen LogP contribution in [0.15, 0.2) is 39.9 Å². The Bertz CT molecular complexity index is 580. The number of amides is 1. The van der Waals surface area contributed by atoms with E-state index in [1.165, 1.54) is 22.1 Å². The van der Waals surface area contributed by atoms with Crippen molar-refractivity contribution in [3.63, 3.8) is 0 Å². The molecule has 7 heteroatoms. The van der Waals surface area contributed by atoms with Gasteiger partial charge in [-0.25, -0.2) is 0 Å². The molecule has 0 aliphatic carbocycles. The van der Waals surface area contributed by atoms with Crippen LogP contribution in [0.4, 0.5) is 5.88 Å². The number of thioether (sulfide) groups is 1. The van der Waals surface area contributed by atoms with Crippen molar-refractivity contribution in [2.75, 3.05) is 30.2 Å². The Hall–Kier alpha value is -2.02. The van der Waals surface area contributed by atoms with Gasteiger partial charge in [-0.15, -0.1) is 11.8 Å². The number of nitrogens with zero attached hydrogens (tertiary/aromatic N) is 3. The zero-order valence-corrected chi connectivity index (χ0v) is 12.5. The normalized spacial score (nSPS) is 10.3. The third kappa shape index (κ3) is 3.99. The van der Waals surface area contributed by atoms with Gasteiger partial charge >= 0.3 is 5.88 Å². The van der Waals surface area contributed by atoms with Crippen molar-refractivity contribution in [1.29, 1.82) is 0 Å². The van der Waals surface area contributed by atoms with Crippen molar-refractivity contribution in [2.24, 2.45) is 0 Å². The molecule has 1 aromatic heterocycles. The van der Waals surface area contributed by atoms with Gasteiger partial charge in [-0.1, -0.05) is 17.7 Å². The van der Waals surface area contributed by atoms with Crippen LogP contribution in [0.2, 0.25) is 0 Å². The molecule has 0 unspecified atom stereocenters. The van der Waals surface area contributed by atoms with Crippen LogP contribution >= 0.6 is 11.8 Å². The number of aromatic nitrogens is 2. The number of nitrogens with one attached hydrogen (secondary N) is 1. The minimum Gasteiger partial charge on any atom is -0.288 e. The number of rotatable bonds is 5. The average molecular weight is 293 g/mol. The summed E-state index contributed by atoms with van der Waals surface area (Å²) in [7, 11) is 3.64. The molecule has 1 heterocycles. The Morgan fingerprint density at radius 1 is 1.40 bits per heavy atom. The van der Waals surface area contributed by atoms with E-state index >= 15 is 0 Å². The topological polar surface area (TPSA) is 62.3 Å². The highest BCUT2D eigenvalue weighted by atomic mass is 32.2. The Labute approximate surface area is 121 Å². The van der Waals surface area contributed by atoms with Gasteiger partial charge in [-0.2, -0.15) is 5.01 Å². The number of aryl methyl sites for hydroxylation is 1. The standard InChI is InChI=1S/C13H16N4O2S/c1-10-4-6-11(7-5-10)20-9-12(18)14-13-8-17(15-19-13)16(2)3/h4-8H,9H2,1-3H3/p+1. The fourth-order valence-corrected chi connectivity index (χ4v) is 2.14. The summed E-state index contributed by atoms with van der Waals surface area (Å²) in [5, 5.41) is 8.13. The van der Waals surface area contributed by atoms with E-state index in [0.29, 0.717) is 11.6 Å². The van der Waals surface area contributed by atoms with E-state index in [9.17, 15) is 4.79 Å². The molecule has 0 aliphatic heterocycles. The van der Waals surface area contributed by atoms with Crippen LogP contribution in [-0.2, 0) is 4.79 Å². The van der Waals surface area contributed by atoms with E-state index in [4.69, 9.17) is 4.52 Å². The summed E-state index contributed by atoms with van der Waals surface area (Å²) in [6, 6.07) is 8.05. The highest BCUT2D eigenvalue weighted by Gasteiger charge is 2.15. The summed E-state index contributed by atoms with van der Waals surface area (Å²) in [4.78, 5) is 14.3. The molecule has 6 nitrogen and oxygen atoms in total. The molecule has 0 saturated carbocycles. The van der Waals surface area contributed by atoms with Crippen LogP contribution in [0, 0.1) is 6.92 Å². The maximum atomic E-state index is 11.8. The Balaban J connectivity index is 1.84. The van der Waals surface area contributed by atoms with E-state index in [2.05, 4.69) is 10.6 Å². The molecule has 0 radical (unpaired) electrons. The summed E-state index contributed by atoms with van der Waals surface area (Å²) in [6.45, 7) is 2.03. The molecule has 0 fully saturated rings. The fourth-order valence-electron chi connectivity index (χ4n) is 1.44. The molecule has 2 rings (SSSR count). The van der Waals surface area contributed by atoms with Gasteiger partial charge in [0.25, 0.3) is 6.20 Å². The van der Waals surface area contributed by atoms with Gasteiger partial charge < -0.3 is 0 Å². The Morgan fingerprint density at radius 3 is 2.70 bits per heavy atom. The fraction of sp³-hybridized carbons (Fsp3) is 0.308. The maximum Gasteiger partial charge on any atom is 0.305 e. The van der Waals surface area contributed by atoms with E-state index < -0.39 is 0 Å². The van der Waals surface area contributed by atoms with Crippen molar-refractivity contribution in [3.8, 4) is 0 Å². The third-order valence-corrected chi connectivity index (χ3v) is 3.53. The van der Waals surface area contributed by atoms with Gasteiger partial charge in [0, 0.05) is 4.90 Å². The molecule has 0 atom stereocenters. The summed E-state index contributed by atoms with van der Waals surface area (Å²) in [6.07, 6.45) is 1.61. The van der Waals surface area contributed by atoms with E-state index in [1.807, 2.05) is 45.3 Å². The zero-order valence-electron chi connectivity index (χ0n) is 11.7. The zero-order chi connectivity index (χ0) is 14.5. The summed E-state index contributed by atoms with van der Waals surface area (Å²) in [5.74, 6) is 0.525. The second-order valence-electron chi connectivity index (χ2n) is 4.48. The number of anilines is 1. The SMILES string of the molecule is Cc1ccc(SCC(=O)Nc2c[n+](N(C)C)no2)cc1. The molecule has 0 aliphatic rings. The number of carbonyl (C=O) groups is 1. The van der Waals surface area contributed by atoms with Crippen LogP contribution in [0.25, 0.3) is 0 Å².